The van der Waals surface area contributed by atoms with Crippen LogP contribution in [0.3, 0.4) is 0 Å². The van der Waals surface area contributed by atoms with E-state index in [9.17, 15) is 4.79 Å². The fraction of sp³-hybridized carbons (Fsp3) is 0.833. The number of rotatable bonds is 4. The molecule has 0 aromatic heterocycles. The Hall–Kier alpha value is -1.12. The van der Waals surface area contributed by atoms with Crippen molar-refractivity contribution in [2.75, 3.05) is 32.8 Å². The van der Waals surface area contributed by atoms with Gasteiger partial charge in [-0.1, -0.05) is 0 Å². The standard InChI is InChI=1S/C12H21N3O2/c1-10(8-15-4-6-17-7-5-15)14-11(16)12(2,3)9-13/h10H,4-8H2,1-3H3,(H,14,16). The van der Waals surface area contributed by atoms with Gasteiger partial charge in [-0.3, -0.25) is 9.69 Å². The minimum absolute atomic E-state index is 0.0493. The minimum Gasteiger partial charge on any atom is -0.379 e. The highest BCUT2D eigenvalue weighted by molar-refractivity contribution is 5.84. The molecule has 1 atom stereocenters. The fourth-order valence-corrected chi connectivity index (χ4v) is 1.67. The average Bonchev–Trinajstić information content (AvgIpc) is 2.30. The first-order valence-corrected chi connectivity index (χ1v) is 5.98. The Morgan fingerprint density at radius 1 is 1.53 bits per heavy atom. The zero-order valence-electron chi connectivity index (χ0n) is 10.8. The maximum absolute atomic E-state index is 11.8. The lowest BCUT2D eigenvalue weighted by Gasteiger charge is -2.30. The highest BCUT2D eigenvalue weighted by atomic mass is 16.5. The highest BCUT2D eigenvalue weighted by Gasteiger charge is 2.28. The molecule has 5 nitrogen and oxygen atoms in total. The molecule has 96 valence electrons. The molecule has 1 fully saturated rings. The van der Waals surface area contributed by atoms with E-state index < -0.39 is 5.41 Å². The summed E-state index contributed by atoms with van der Waals surface area (Å²) in [6.07, 6.45) is 0. The lowest BCUT2D eigenvalue weighted by atomic mass is 9.94. The Bertz CT molecular complexity index is 303. The third kappa shape index (κ3) is 4.33. The van der Waals surface area contributed by atoms with E-state index in [4.69, 9.17) is 10.00 Å². The maximum atomic E-state index is 11.8. The largest absolute Gasteiger partial charge is 0.379 e. The minimum atomic E-state index is -0.959. The first-order chi connectivity index (χ1) is 7.95. The van der Waals surface area contributed by atoms with Crippen LogP contribution in [0.4, 0.5) is 0 Å². The van der Waals surface area contributed by atoms with Crippen LogP contribution in [0.2, 0.25) is 0 Å². The number of hydrogen-bond donors (Lipinski definition) is 1. The van der Waals surface area contributed by atoms with Crippen molar-refractivity contribution in [2.24, 2.45) is 5.41 Å². The summed E-state index contributed by atoms with van der Waals surface area (Å²) in [4.78, 5) is 14.0. The molecule has 1 saturated heterocycles. The predicted octanol–water partition coefficient (Wildman–Crippen LogP) is 0.373. The van der Waals surface area contributed by atoms with Gasteiger partial charge in [-0.2, -0.15) is 5.26 Å². The van der Waals surface area contributed by atoms with Gasteiger partial charge in [-0.05, 0) is 20.8 Å². The molecule has 1 rings (SSSR count). The lowest BCUT2D eigenvalue weighted by Crippen LogP contribution is -2.48. The number of ether oxygens (including phenoxy) is 1. The van der Waals surface area contributed by atoms with Crippen molar-refractivity contribution in [3.05, 3.63) is 0 Å². The summed E-state index contributed by atoms with van der Waals surface area (Å²) in [6.45, 7) is 9.34. The van der Waals surface area contributed by atoms with Gasteiger partial charge in [0, 0.05) is 25.7 Å². The summed E-state index contributed by atoms with van der Waals surface area (Å²) in [5.74, 6) is -0.208. The van der Waals surface area contributed by atoms with Crippen molar-refractivity contribution in [3.63, 3.8) is 0 Å². The van der Waals surface area contributed by atoms with Crippen LogP contribution in [0.1, 0.15) is 20.8 Å². The van der Waals surface area contributed by atoms with Gasteiger partial charge in [0.2, 0.25) is 5.91 Å². The van der Waals surface area contributed by atoms with Crippen LogP contribution in [0.25, 0.3) is 0 Å². The molecule has 0 aliphatic carbocycles. The Balaban J connectivity index is 2.36. The number of amides is 1. The molecule has 1 heterocycles. The topological polar surface area (TPSA) is 65.4 Å². The first kappa shape index (κ1) is 13.9. The van der Waals surface area contributed by atoms with Gasteiger partial charge in [-0.15, -0.1) is 0 Å². The number of nitrogens with zero attached hydrogens (tertiary/aromatic N) is 2. The molecule has 0 aromatic carbocycles. The quantitative estimate of drug-likeness (QED) is 0.770. The Morgan fingerprint density at radius 3 is 2.65 bits per heavy atom. The van der Waals surface area contributed by atoms with Crippen molar-refractivity contribution in [1.82, 2.24) is 10.2 Å². The molecule has 1 unspecified atom stereocenters. The molecule has 1 N–H and O–H groups in total. The molecular formula is C12H21N3O2. The summed E-state index contributed by atoms with van der Waals surface area (Å²) in [6, 6.07) is 2.05. The second-order valence-corrected chi connectivity index (χ2v) is 5.02. The monoisotopic (exact) mass is 239 g/mol. The molecule has 0 radical (unpaired) electrons. The van der Waals surface area contributed by atoms with Gasteiger partial charge in [0.1, 0.15) is 5.41 Å². The van der Waals surface area contributed by atoms with Crippen LogP contribution in [0.15, 0.2) is 0 Å². The second-order valence-electron chi connectivity index (χ2n) is 5.02. The Kier molecular flexibility index (Phi) is 4.91. The van der Waals surface area contributed by atoms with E-state index in [-0.39, 0.29) is 11.9 Å². The zero-order chi connectivity index (χ0) is 12.9. The van der Waals surface area contributed by atoms with Crippen molar-refractivity contribution >= 4 is 5.91 Å². The van der Waals surface area contributed by atoms with E-state index in [2.05, 4.69) is 10.2 Å². The van der Waals surface area contributed by atoms with Gasteiger partial charge < -0.3 is 10.1 Å². The number of nitrogens with one attached hydrogen (secondary N) is 1. The predicted molar refractivity (Wildman–Crippen MR) is 64.3 cm³/mol. The van der Waals surface area contributed by atoms with Gasteiger partial charge in [0.25, 0.3) is 0 Å². The van der Waals surface area contributed by atoms with Crippen molar-refractivity contribution in [1.29, 1.82) is 5.26 Å². The van der Waals surface area contributed by atoms with Crippen LogP contribution in [-0.2, 0) is 9.53 Å². The second kappa shape index (κ2) is 5.99. The molecular weight excluding hydrogens is 218 g/mol. The van der Waals surface area contributed by atoms with Crippen LogP contribution in [0, 0.1) is 16.7 Å². The molecule has 0 aromatic rings. The number of nitriles is 1. The average molecular weight is 239 g/mol. The van der Waals surface area contributed by atoms with Gasteiger partial charge in [0.05, 0.1) is 19.3 Å². The SMILES string of the molecule is CC(CN1CCOCC1)NC(=O)C(C)(C)C#N. The van der Waals surface area contributed by atoms with Crippen LogP contribution in [-0.4, -0.2) is 49.7 Å². The van der Waals surface area contributed by atoms with Crippen LogP contribution < -0.4 is 5.32 Å². The molecule has 1 amide bonds. The molecule has 5 heteroatoms. The third-order valence-corrected chi connectivity index (χ3v) is 2.86. The van der Waals surface area contributed by atoms with Gasteiger partial charge >= 0.3 is 0 Å². The van der Waals surface area contributed by atoms with E-state index in [1.165, 1.54) is 0 Å². The smallest absolute Gasteiger partial charge is 0.240 e. The van der Waals surface area contributed by atoms with E-state index >= 15 is 0 Å². The van der Waals surface area contributed by atoms with Gasteiger partial charge in [0.15, 0.2) is 0 Å². The van der Waals surface area contributed by atoms with Crippen molar-refractivity contribution in [2.45, 2.75) is 26.8 Å². The number of carbonyl (C=O) groups is 1. The normalized spacial score (nSPS) is 19.4. The number of hydrogen-bond acceptors (Lipinski definition) is 4. The van der Waals surface area contributed by atoms with Crippen LogP contribution >= 0.6 is 0 Å². The fourth-order valence-electron chi connectivity index (χ4n) is 1.67. The van der Waals surface area contributed by atoms with E-state index in [1.54, 1.807) is 13.8 Å². The molecule has 0 bridgehead atoms. The maximum Gasteiger partial charge on any atom is 0.240 e. The summed E-state index contributed by atoms with van der Waals surface area (Å²) >= 11 is 0. The van der Waals surface area contributed by atoms with Crippen molar-refractivity contribution in [3.8, 4) is 6.07 Å². The summed E-state index contributed by atoms with van der Waals surface area (Å²) < 4.78 is 5.26. The first-order valence-electron chi connectivity index (χ1n) is 5.98. The molecule has 1 aliphatic rings. The van der Waals surface area contributed by atoms with E-state index in [0.717, 1.165) is 32.8 Å². The van der Waals surface area contributed by atoms with E-state index in [1.807, 2.05) is 13.0 Å². The highest BCUT2D eigenvalue weighted by Crippen LogP contribution is 2.13. The van der Waals surface area contributed by atoms with Crippen molar-refractivity contribution < 1.29 is 9.53 Å². The molecule has 1 aliphatic heterocycles. The Morgan fingerprint density at radius 2 is 2.12 bits per heavy atom. The summed E-state index contributed by atoms with van der Waals surface area (Å²) in [5.41, 5.74) is -0.959. The van der Waals surface area contributed by atoms with Crippen LogP contribution in [0.5, 0.6) is 0 Å². The lowest BCUT2D eigenvalue weighted by molar-refractivity contribution is -0.127. The zero-order valence-corrected chi connectivity index (χ0v) is 10.8. The van der Waals surface area contributed by atoms with Gasteiger partial charge in [-0.25, -0.2) is 0 Å². The summed E-state index contributed by atoms with van der Waals surface area (Å²) in [5, 5.41) is 11.7. The Labute approximate surface area is 103 Å². The summed E-state index contributed by atoms with van der Waals surface area (Å²) in [7, 11) is 0. The molecule has 0 saturated carbocycles. The molecule has 17 heavy (non-hydrogen) atoms. The number of morpholine rings is 1. The number of carbonyl (C=O) groups excluding carboxylic acids is 1. The van der Waals surface area contributed by atoms with E-state index in [0.29, 0.717) is 0 Å². The third-order valence-electron chi connectivity index (χ3n) is 2.86. The molecule has 0 spiro atoms.